The summed E-state index contributed by atoms with van der Waals surface area (Å²) in [5.74, 6) is -0.730. The molecule has 3 heterocycles. The minimum absolute atomic E-state index is 0.183. The molecule has 1 amide bonds. The van der Waals surface area contributed by atoms with Gasteiger partial charge in [0.1, 0.15) is 24.9 Å². The van der Waals surface area contributed by atoms with Gasteiger partial charge >= 0.3 is 6.09 Å². The Morgan fingerprint density at radius 2 is 2.04 bits per heavy atom. The largest absolute Gasteiger partial charge is 0.443 e. The van der Waals surface area contributed by atoms with Gasteiger partial charge in [0.2, 0.25) is 0 Å². The maximum atomic E-state index is 12.5. The lowest BCUT2D eigenvalue weighted by molar-refractivity contribution is -0.262. The fraction of sp³-hybridized carbons (Fsp3) is 0.471. The van der Waals surface area contributed by atoms with Crippen LogP contribution in [0.2, 0.25) is 0 Å². The van der Waals surface area contributed by atoms with Gasteiger partial charge in [-0.3, -0.25) is 0 Å². The molecule has 6 nitrogen and oxygen atoms in total. The van der Waals surface area contributed by atoms with Crippen molar-refractivity contribution in [1.29, 1.82) is 0 Å². The van der Waals surface area contributed by atoms with Crippen LogP contribution in [0.3, 0.4) is 0 Å². The molecule has 7 heteroatoms. The van der Waals surface area contributed by atoms with Crippen LogP contribution < -0.4 is 0 Å². The molecule has 2 bridgehead atoms. The zero-order valence-electron chi connectivity index (χ0n) is 13.3. The molecule has 1 aliphatic carbocycles. The van der Waals surface area contributed by atoms with Crippen LogP contribution >= 0.6 is 15.9 Å². The molecule has 24 heavy (non-hydrogen) atoms. The summed E-state index contributed by atoms with van der Waals surface area (Å²) in [6, 6.07) is 9.12. The average molecular weight is 396 g/mol. The topological polar surface area (TPSA) is 57.2 Å². The smallest absolute Gasteiger partial charge is 0.435 e. The normalized spacial score (nSPS) is 35.8. The lowest BCUT2D eigenvalue weighted by atomic mass is 9.92. The number of alkyl halides is 1. The molecule has 3 aliphatic heterocycles. The first-order chi connectivity index (χ1) is 11.4. The molecule has 2 fully saturated rings. The predicted molar refractivity (Wildman–Crippen MR) is 88.0 cm³/mol. The monoisotopic (exact) mass is 395 g/mol. The first kappa shape index (κ1) is 16.1. The van der Waals surface area contributed by atoms with E-state index in [1.807, 2.05) is 56.3 Å². The molecule has 0 radical (unpaired) electrons. The van der Waals surface area contributed by atoms with E-state index in [1.165, 1.54) is 5.06 Å². The van der Waals surface area contributed by atoms with Gasteiger partial charge in [0.15, 0.2) is 10.3 Å². The van der Waals surface area contributed by atoms with Gasteiger partial charge < -0.3 is 14.2 Å². The summed E-state index contributed by atoms with van der Waals surface area (Å²) < 4.78 is 16.3. The Balaban J connectivity index is 1.49. The lowest BCUT2D eigenvalue weighted by Crippen LogP contribution is -2.65. The molecule has 5 rings (SSSR count). The molecular formula is C17H18BrNO5. The number of hydroxylamine groups is 2. The van der Waals surface area contributed by atoms with Crippen molar-refractivity contribution in [2.45, 2.75) is 49.0 Å². The number of nitrogens with zero attached hydrogens (tertiary/aromatic N) is 1. The number of amides is 1. The van der Waals surface area contributed by atoms with Crippen LogP contribution in [0.4, 0.5) is 4.79 Å². The van der Waals surface area contributed by atoms with Crippen LogP contribution in [0.1, 0.15) is 19.4 Å². The first-order valence-electron chi connectivity index (χ1n) is 7.81. The predicted octanol–water partition coefficient (Wildman–Crippen LogP) is 3.12. The number of benzene rings is 1. The van der Waals surface area contributed by atoms with E-state index < -0.39 is 16.4 Å². The lowest BCUT2D eigenvalue weighted by Gasteiger charge is -2.48. The molecule has 0 spiro atoms. The van der Waals surface area contributed by atoms with Crippen molar-refractivity contribution in [2.24, 2.45) is 0 Å². The number of carbonyl (C=O) groups excluding carboxylic acids is 1. The van der Waals surface area contributed by atoms with Crippen LogP contribution in [-0.2, 0) is 25.7 Å². The van der Waals surface area contributed by atoms with Crippen LogP contribution in [0.25, 0.3) is 0 Å². The van der Waals surface area contributed by atoms with Crippen LogP contribution in [0.5, 0.6) is 0 Å². The zero-order valence-corrected chi connectivity index (χ0v) is 14.9. The van der Waals surface area contributed by atoms with Gasteiger partial charge in [-0.1, -0.05) is 36.4 Å². The van der Waals surface area contributed by atoms with E-state index in [2.05, 4.69) is 15.9 Å². The Morgan fingerprint density at radius 3 is 2.79 bits per heavy atom. The Bertz CT molecular complexity index is 679. The van der Waals surface area contributed by atoms with E-state index in [0.717, 1.165) is 5.56 Å². The molecule has 0 saturated carbocycles. The maximum Gasteiger partial charge on any atom is 0.435 e. The maximum absolute atomic E-state index is 12.5. The summed E-state index contributed by atoms with van der Waals surface area (Å²) in [5, 5.41) is 1.23. The molecule has 0 aromatic heterocycles. The molecule has 1 aromatic rings. The van der Waals surface area contributed by atoms with E-state index in [4.69, 9.17) is 19.0 Å². The van der Waals surface area contributed by atoms with Crippen molar-refractivity contribution >= 4 is 22.0 Å². The van der Waals surface area contributed by atoms with Crippen molar-refractivity contribution in [3.05, 3.63) is 48.0 Å². The Hall–Kier alpha value is -1.41. The summed E-state index contributed by atoms with van der Waals surface area (Å²) in [6.07, 6.45) is 2.53. The van der Waals surface area contributed by atoms with Crippen molar-refractivity contribution < 1.29 is 23.8 Å². The van der Waals surface area contributed by atoms with Gasteiger partial charge in [-0.2, -0.15) is 5.06 Å². The Morgan fingerprint density at radius 1 is 1.29 bits per heavy atom. The van der Waals surface area contributed by atoms with Gasteiger partial charge in [-0.15, -0.1) is 0 Å². The van der Waals surface area contributed by atoms with E-state index in [0.29, 0.717) is 0 Å². The third-order valence-corrected chi connectivity index (χ3v) is 5.13. The molecule has 4 unspecified atom stereocenters. The first-order valence-corrected chi connectivity index (χ1v) is 8.60. The second-order valence-electron chi connectivity index (χ2n) is 6.53. The molecule has 4 aliphatic rings. The molecular weight excluding hydrogens is 378 g/mol. The Kier molecular flexibility index (Phi) is 3.72. The standard InChI is InChI=1S/C17H18BrNO5/c1-16(2)22-13-12-8-9-17(18,14(13)23-16)24-19(12)15(20)21-10-11-6-4-3-5-7-11/h3-9,12-14H,10H2,1-2H3. The highest BCUT2D eigenvalue weighted by Gasteiger charge is 2.63. The highest BCUT2D eigenvalue weighted by Crippen LogP contribution is 2.49. The number of hydrogen-bond acceptors (Lipinski definition) is 5. The summed E-state index contributed by atoms with van der Waals surface area (Å²) in [4.78, 5) is 18.3. The minimum atomic E-state index is -0.939. The van der Waals surface area contributed by atoms with E-state index in [-0.39, 0.29) is 24.9 Å². The summed E-state index contributed by atoms with van der Waals surface area (Å²) in [5.41, 5.74) is 0.913. The zero-order chi connectivity index (χ0) is 16.9. The highest BCUT2D eigenvalue weighted by molar-refractivity contribution is 9.10. The van der Waals surface area contributed by atoms with E-state index in [1.54, 1.807) is 0 Å². The Labute approximate surface area is 148 Å². The second-order valence-corrected chi connectivity index (χ2v) is 7.76. The number of rotatable bonds is 2. The van der Waals surface area contributed by atoms with E-state index >= 15 is 0 Å². The van der Waals surface area contributed by atoms with Crippen LogP contribution in [0.15, 0.2) is 42.5 Å². The number of hydrogen-bond donors (Lipinski definition) is 0. The summed E-state index contributed by atoms with van der Waals surface area (Å²) >= 11 is 3.53. The van der Waals surface area contributed by atoms with Gasteiger partial charge in [0.05, 0.1) is 0 Å². The van der Waals surface area contributed by atoms with Gasteiger partial charge in [0.25, 0.3) is 0 Å². The number of halogens is 1. The fourth-order valence-corrected chi connectivity index (χ4v) is 3.89. The van der Waals surface area contributed by atoms with Crippen molar-refractivity contribution in [3.8, 4) is 0 Å². The minimum Gasteiger partial charge on any atom is -0.443 e. The van der Waals surface area contributed by atoms with Crippen molar-refractivity contribution in [2.75, 3.05) is 0 Å². The van der Waals surface area contributed by atoms with Gasteiger partial charge in [0, 0.05) is 0 Å². The van der Waals surface area contributed by atoms with Gasteiger partial charge in [-0.05, 0) is 41.4 Å². The quantitative estimate of drug-likeness (QED) is 0.568. The number of ether oxygens (including phenoxy) is 3. The highest BCUT2D eigenvalue weighted by atomic mass is 79.9. The van der Waals surface area contributed by atoms with Crippen molar-refractivity contribution in [1.82, 2.24) is 5.06 Å². The van der Waals surface area contributed by atoms with Gasteiger partial charge in [-0.25, -0.2) is 9.63 Å². The summed E-state index contributed by atoms with van der Waals surface area (Å²) in [7, 11) is 0. The third kappa shape index (κ3) is 2.65. The van der Waals surface area contributed by atoms with Crippen molar-refractivity contribution in [3.63, 3.8) is 0 Å². The van der Waals surface area contributed by atoms with E-state index in [9.17, 15) is 4.79 Å². The van der Waals surface area contributed by atoms with Crippen LogP contribution in [0, 0.1) is 0 Å². The molecule has 4 atom stereocenters. The molecule has 0 N–H and O–H groups in total. The van der Waals surface area contributed by atoms with Crippen LogP contribution in [-0.4, -0.2) is 39.7 Å². The number of fused-ring (bicyclic) bond motifs is 1. The SMILES string of the molecule is CC1(C)OC2C3C=CC(Br)(ON3C(=O)OCc3ccccc3)C2O1. The third-order valence-electron chi connectivity index (χ3n) is 4.27. The molecule has 128 valence electrons. The molecule has 1 aromatic carbocycles. The second kappa shape index (κ2) is 5.56. The fourth-order valence-electron chi connectivity index (χ4n) is 3.22. The molecule has 2 saturated heterocycles. The number of carbonyl (C=O) groups is 1. The average Bonchev–Trinajstić information content (AvgIpc) is 2.91. The summed E-state index contributed by atoms with van der Waals surface area (Å²) in [6.45, 7) is 3.88.